The minimum absolute atomic E-state index is 0.104. The minimum atomic E-state index is -0.104. The van der Waals surface area contributed by atoms with E-state index in [2.05, 4.69) is 13.8 Å². The predicted octanol–water partition coefficient (Wildman–Crippen LogP) is 5.07. The average molecular weight is 291 g/mol. The van der Waals surface area contributed by atoms with E-state index in [-0.39, 0.29) is 5.38 Å². The fourth-order valence-corrected chi connectivity index (χ4v) is 2.58. The lowest BCUT2D eigenvalue weighted by Gasteiger charge is -2.18. The average Bonchev–Trinajstić information content (AvgIpc) is 2.37. The highest BCUT2D eigenvalue weighted by atomic mass is 35.5. The van der Waals surface area contributed by atoms with E-state index >= 15 is 0 Å². The second-order valence-corrected chi connectivity index (χ2v) is 5.38. The van der Waals surface area contributed by atoms with Crippen LogP contribution in [0, 0.1) is 5.92 Å². The third kappa shape index (κ3) is 3.69. The zero-order chi connectivity index (χ0) is 13.7. The Balaban J connectivity index is 3.01. The Kier molecular flexibility index (Phi) is 6.10. The van der Waals surface area contributed by atoms with Gasteiger partial charge in [-0.15, -0.1) is 11.6 Å². The van der Waals surface area contributed by atoms with Crippen molar-refractivity contribution in [3.8, 4) is 11.5 Å². The van der Waals surface area contributed by atoms with Crippen LogP contribution < -0.4 is 9.47 Å². The van der Waals surface area contributed by atoms with Gasteiger partial charge in [-0.05, 0) is 24.0 Å². The molecule has 0 fully saturated rings. The summed E-state index contributed by atoms with van der Waals surface area (Å²) in [5, 5.41) is 0.517. The molecule has 0 radical (unpaired) electrons. The summed E-state index contributed by atoms with van der Waals surface area (Å²) in [5.74, 6) is 1.85. The number of methoxy groups -OCH3 is 2. The molecule has 0 amide bonds. The van der Waals surface area contributed by atoms with Gasteiger partial charge in [-0.3, -0.25) is 0 Å². The van der Waals surface area contributed by atoms with Gasteiger partial charge in [0.1, 0.15) is 0 Å². The number of ether oxygens (including phenoxy) is 2. The predicted molar refractivity (Wildman–Crippen MR) is 77.2 cm³/mol. The summed E-state index contributed by atoms with van der Waals surface area (Å²) in [6.07, 6.45) is 2.00. The third-order valence-corrected chi connectivity index (χ3v) is 3.89. The topological polar surface area (TPSA) is 18.5 Å². The van der Waals surface area contributed by atoms with Crippen LogP contribution in [0.4, 0.5) is 0 Å². The monoisotopic (exact) mass is 290 g/mol. The number of alkyl halides is 1. The zero-order valence-corrected chi connectivity index (χ0v) is 12.8. The van der Waals surface area contributed by atoms with Gasteiger partial charge >= 0.3 is 0 Å². The quantitative estimate of drug-likeness (QED) is 0.681. The molecule has 4 heteroatoms. The Hall–Kier alpha value is -0.600. The lowest BCUT2D eigenvalue weighted by Crippen LogP contribution is -2.01. The van der Waals surface area contributed by atoms with E-state index in [1.165, 1.54) is 0 Å². The van der Waals surface area contributed by atoms with Gasteiger partial charge in [0.15, 0.2) is 11.5 Å². The fraction of sp³-hybridized carbons (Fsp3) is 0.571. The van der Waals surface area contributed by atoms with Crippen LogP contribution in [0.25, 0.3) is 0 Å². The first-order chi connectivity index (χ1) is 8.53. The number of benzene rings is 1. The lowest BCUT2D eigenvalue weighted by molar-refractivity contribution is 0.354. The van der Waals surface area contributed by atoms with Crippen LogP contribution in [0.15, 0.2) is 12.1 Å². The highest BCUT2D eigenvalue weighted by molar-refractivity contribution is 6.33. The molecule has 0 bridgehead atoms. The second-order valence-electron chi connectivity index (χ2n) is 4.45. The molecular formula is C14H20Cl2O2. The molecule has 2 atom stereocenters. The van der Waals surface area contributed by atoms with Crippen molar-refractivity contribution >= 4 is 23.2 Å². The van der Waals surface area contributed by atoms with Crippen LogP contribution in [-0.4, -0.2) is 14.2 Å². The van der Waals surface area contributed by atoms with Crippen LogP contribution in [-0.2, 0) is 0 Å². The van der Waals surface area contributed by atoms with Crippen LogP contribution in [0.5, 0.6) is 11.5 Å². The first-order valence-electron chi connectivity index (χ1n) is 6.08. The molecule has 1 rings (SSSR count). The molecule has 2 nitrogen and oxygen atoms in total. The van der Waals surface area contributed by atoms with Gasteiger partial charge in [0, 0.05) is 11.1 Å². The van der Waals surface area contributed by atoms with Crippen molar-refractivity contribution in [1.82, 2.24) is 0 Å². The highest BCUT2D eigenvalue weighted by Crippen LogP contribution is 2.40. The van der Waals surface area contributed by atoms with E-state index in [9.17, 15) is 0 Å². The van der Waals surface area contributed by atoms with Crippen molar-refractivity contribution in [2.45, 2.75) is 32.1 Å². The van der Waals surface area contributed by atoms with Crippen molar-refractivity contribution in [3.05, 3.63) is 22.7 Å². The van der Waals surface area contributed by atoms with Gasteiger partial charge in [0.25, 0.3) is 0 Å². The van der Waals surface area contributed by atoms with E-state index in [0.717, 1.165) is 18.4 Å². The Morgan fingerprint density at radius 2 is 1.72 bits per heavy atom. The second kappa shape index (κ2) is 7.10. The van der Waals surface area contributed by atoms with E-state index in [1.807, 2.05) is 6.07 Å². The van der Waals surface area contributed by atoms with Crippen LogP contribution >= 0.6 is 23.2 Å². The largest absolute Gasteiger partial charge is 0.493 e. The number of hydrogen-bond acceptors (Lipinski definition) is 2. The standard InChI is InChI=1S/C14H20Cl2O2/c1-5-9(2)6-11(15)10-7-13(17-3)14(18-4)8-12(10)16/h7-9,11H,5-6H2,1-4H3. The van der Waals surface area contributed by atoms with Crippen molar-refractivity contribution in [3.63, 3.8) is 0 Å². The highest BCUT2D eigenvalue weighted by Gasteiger charge is 2.18. The molecule has 0 aliphatic rings. The van der Waals surface area contributed by atoms with Crippen molar-refractivity contribution in [2.24, 2.45) is 5.92 Å². The van der Waals surface area contributed by atoms with Crippen molar-refractivity contribution < 1.29 is 9.47 Å². The summed E-state index contributed by atoms with van der Waals surface area (Å²) in [7, 11) is 3.19. The summed E-state index contributed by atoms with van der Waals surface area (Å²) < 4.78 is 10.5. The maximum atomic E-state index is 6.43. The fourth-order valence-electron chi connectivity index (χ4n) is 1.76. The molecule has 0 heterocycles. The normalized spacial score (nSPS) is 14.1. The Labute approximate surface area is 119 Å². The van der Waals surface area contributed by atoms with Gasteiger partial charge in [-0.25, -0.2) is 0 Å². The first-order valence-corrected chi connectivity index (χ1v) is 6.90. The number of hydrogen-bond donors (Lipinski definition) is 0. The molecule has 1 aromatic carbocycles. The molecule has 2 unspecified atom stereocenters. The first kappa shape index (κ1) is 15.5. The third-order valence-electron chi connectivity index (χ3n) is 3.15. The lowest BCUT2D eigenvalue weighted by atomic mass is 9.98. The summed E-state index contributed by atoms with van der Waals surface area (Å²) in [5.41, 5.74) is 0.899. The molecule has 102 valence electrons. The van der Waals surface area contributed by atoms with E-state index < -0.39 is 0 Å². The van der Waals surface area contributed by atoms with E-state index in [1.54, 1.807) is 20.3 Å². The van der Waals surface area contributed by atoms with Gasteiger partial charge in [-0.2, -0.15) is 0 Å². The molecule has 1 aromatic rings. The summed E-state index contributed by atoms with van der Waals surface area (Å²) in [4.78, 5) is 0. The molecule has 18 heavy (non-hydrogen) atoms. The molecule has 0 aliphatic carbocycles. The van der Waals surface area contributed by atoms with Gasteiger partial charge in [-0.1, -0.05) is 31.9 Å². The maximum Gasteiger partial charge on any atom is 0.162 e. The Morgan fingerprint density at radius 1 is 1.17 bits per heavy atom. The zero-order valence-electron chi connectivity index (χ0n) is 11.3. The molecule has 0 aromatic heterocycles. The van der Waals surface area contributed by atoms with Crippen LogP contribution in [0.1, 0.15) is 37.6 Å². The van der Waals surface area contributed by atoms with Gasteiger partial charge < -0.3 is 9.47 Å². The molecule has 0 saturated heterocycles. The number of rotatable bonds is 6. The summed E-state index contributed by atoms with van der Waals surface area (Å²) in [6.45, 7) is 4.34. The van der Waals surface area contributed by atoms with Gasteiger partial charge in [0.05, 0.1) is 19.6 Å². The van der Waals surface area contributed by atoms with Crippen LogP contribution in [0.2, 0.25) is 5.02 Å². The smallest absolute Gasteiger partial charge is 0.162 e. The molecular weight excluding hydrogens is 271 g/mol. The molecule has 0 spiro atoms. The van der Waals surface area contributed by atoms with Crippen molar-refractivity contribution in [2.75, 3.05) is 14.2 Å². The molecule has 0 N–H and O–H groups in total. The van der Waals surface area contributed by atoms with Crippen LogP contribution in [0.3, 0.4) is 0 Å². The maximum absolute atomic E-state index is 6.43. The molecule has 0 aliphatic heterocycles. The van der Waals surface area contributed by atoms with Crippen molar-refractivity contribution in [1.29, 1.82) is 0 Å². The Morgan fingerprint density at radius 3 is 2.22 bits per heavy atom. The minimum Gasteiger partial charge on any atom is -0.493 e. The summed E-state index contributed by atoms with van der Waals surface area (Å²) >= 11 is 12.7. The summed E-state index contributed by atoms with van der Waals surface area (Å²) in [6, 6.07) is 3.61. The van der Waals surface area contributed by atoms with E-state index in [0.29, 0.717) is 22.4 Å². The SMILES string of the molecule is CCC(C)CC(Cl)c1cc(OC)c(OC)cc1Cl. The number of halogens is 2. The Bertz CT molecular complexity index is 394. The van der Waals surface area contributed by atoms with Gasteiger partial charge in [0.2, 0.25) is 0 Å². The molecule has 0 saturated carbocycles. The van der Waals surface area contributed by atoms with E-state index in [4.69, 9.17) is 32.7 Å².